The van der Waals surface area contributed by atoms with E-state index in [2.05, 4.69) is 12.6 Å². The van der Waals surface area contributed by atoms with Crippen molar-refractivity contribution in [3.05, 3.63) is 0 Å². The fraction of sp³-hybridized carbons (Fsp3) is 0.600. The molecule has 0 aromatic heterocycles. The van der Waals surface area contributed by atoms with Gasteiger partial charge in [0.25, 0.3) is 0 Å². The molecular weight excluding hydrogens is 170 g/mol. The Kier molecular flexibility index (Phi) is 3.73. The Morgan fingerprint density at radius 3 is 2.09 bits per heavy atom. The van der Waals surface area contributed by atoms with E-state index in [0.717, 1.165) is 0 Å². The normalized spacial score (nSPS) is 12.2. The van der Waals surface area contributed by atoms with Crippen LogP contribution < -0.4 is 0 Å². The molecule has 11 heavy (non-hydrogen) atoms. The van der Waals surface area contributed by atoms with Gasteiger partial charge >= 0.3 is 12.1 Å². The minimum Gasteiger partial charge on any atom is -0.480 e. The number of rotatable bonds is 3. The lowest BCUT2D eigenvalue weighted by Gasteiger charge is -2.19. The first-order valence-corrected chi connectivity index (χ1v) is 3.43. The van der Waals surface area contributed by atoms with Gasteiger partial charge in [-0.2, -0.15) is 12.6 Å². The molecule has 0 fully saturated rings. The summed E-state index contributed by atoms with van der Waals surface area (Å²) < 4.78 is 0. The predicted octanol–water partition coefficient (Wildman–Crippen LogP) is -0.0208. The van der Waals surface area contributed by atoms with Crippen molar-refractivity contribution in [3.63, 3.8) is 0 Å². The molecule has 64 valence electrons. The molecule has 0 rings (SSSR count). The number of carboxylic acids is 1. The molecule has 0 unspecified atom stereocenters. The van der Waals surface area contributed by atoms with Gasteiger partial charge in [-0.05, 0) is 0 Å². The van der Waals surface area contributed by atoms with Gasteiger partial charge in [0, 0.05) is 12.8 Å². The predicted molar refractivity (Wildman–Crippen MR) is 41.1 cm³/mol. The van der Waals surface area contributed by atoms with E-state index >= 15 is 0 Å². The molecule has 0 aromatic rings. The number of amides is 1. The van der Waals surface area contributed by atoms with Crippen molar-refractivity contribution in [2.45, 2.75) is 6.04 Å². The van der Waals surface area contributed by atoms with Crippen molar-refractivity contribution < 1.29 is 19.8 Å². The Morgan fingerprint density at radius 1 is 1.55 bits per heavy atom. The summed E-state index contributed by atoms with van der Waals surface area (Å²) >= 11 is 3.70. The Balaban J connectivity index is 4.25. The van der Waals surface area contributed by atoms with Crippen LogP contribution in [-0.2, 0) is 4.79 Å². The smallest absolute Gasteiger partial charge is 0.407 e. The quantitative estimate of drug-likeness (QED) is 0.532. The first-order chi connectivity index (χ1) is 5.00. The van der Waals surface area contributed by atoms with E-state index in [1.807, 2.05) is 0 Å². The van der Waals surface area contributed by atoms with Gasteiger partial charge in [-0.3, -0.25) is 4.90 Å². The molecule has 0 aliphatic heterocycles. The van der Waals surface area contributed by atoms with Gasteiger partial charge in [0.1, 0.15) is 6.04 Å². The summed E-state index contributed by atoms with van der Waals surface area (Å²) in [5.74, 6) is -1.22. The van der Waals surface area contributed by atoms with E-state index in [1.165, 1.54) is 7.05 Å². The molecule has 6 heteroatoms. The lowest BCUT2D eigenvalue weighted by Crippen LogP contribution is -2.42. The summed E-state index contributed by atoms with van der Waals surface area (Å²) in [6.45, 7) is 0. The van der Waals surface area contributed by atoms with Crippen molar-refractivity contribution in [2.75, 3.05) is 12.8 Å². The van der Waals surface area contributed by atoms with Crippen LogP contribution in [0.2, 0.25) is 0 Å². The highest BCUT2D eigenvalue weighted by molar-refractivity contribution is 7.80. The van der Waals surface area contributed by atoms with Gasteiger partial charge < -0.3 is 10.2 Å². The van der Waals surface area contributed by atoms with Crippen molar-refractivity contribution in [2.24, 2.45) is 0 Å². The van der Waals surface area contributed by atoms with Gasteiger partial charge in [0.2, 0.25) is 0 Å². The van der Waals surface area contributed by atoms with Crippen LogP contribution in [0, 0.1) is 0 Å². The number of carboxylic acid groups (broad SMARTS) is 2. The first kappa shape index (κ1) is 10.1. The number of hydrogen-bond donors (Lipinski definition) is 3. The van der Waals surface area contributed by atoms with Crippen LogP contribution in [-0.4, -0.2) is 46.0 Å². The largest absolute Gasteiger partial charge is 0.480 e. The van der Waals surface area contributed by atoms with Crippen LogP contribution in [0.4, 0.5) is 4.79 Å². The molecule has 0 radical (unpaired) electrons. The molecule has 2 N–H and O–H groups in total. The summed E-state index contributed by atoms with van der Waals surface area (Å²) in [6.07, 6.45) is -1.27. The molecule has 0 saturated carbocycles. The summed E-state index contributed by atoms with van der Waals surface area (Å²) in [6, 6.07) is -1.07. The van der Waals surface area contributed by atoms with Gasteiger partial charge in [-0.15, -0.1) is 0 Å². The third-order valence-electron chi connectivity index (χ3n) is 1.23. The van der Waals surface area contributed by atoms with Gasteiger partial charge in [-0.25, -0.2) is 9.59 Å². The minimum absolute atomic E-state index is 0.0296. The summed E-state index contributed by atoms with van der Waals surface area (Å²) in [4.78, 5) is 21.3. The maximum absolute atomic E-state index is 10.3. The van der Waals surface area contributed by atoms with E-state index in [-0.39, 0.29) is 5.75 Å². The van der Waals surface area contributed by atoms with Crippen LogP contribution in [0.3, 0.4) is 0 Å². The van der Waals surface area contributed by atoms with Crippen molar-refractivity contribution in [1.82, 2.24) is 4.90 Å². The first-order valence-electron chi connectivity index (χ1n) is 2.80. The lowest BCUT2D eigenvalue weighted by atomic mass is 10.3. The van der Waals surface area contributed by atoms with Gasteiger partial charge in [-0.1, -0.05) is 0 Å². The molecule has 0 bridgehead atoms. The van der Waals surface area contributed by atoms with Crippen LogP contribution in [0.15, 0.2) is 0 Å². The van der Waals surface area contributed by atoms with E-state index in [4.69, 9.17) is 10.2 Å². The molecule has 0 aliphatic rings. The Hall–Kier alpha value is -0.910. The average Bonchev–Trinajstić information content (AvgIpc) is 1.88. The third-order valence-corrected chi connectivity index (χ3v) is 1.57. The Morgan fingerprint density at radius 2 is 2.00 bits per heavy atom. The number of thiol groups is 1. The van der Waals surface area contributed by atoms with Crippen LogP contribution >= 0.6 is 12.6 Å². The SMILES string of the molecule is CN(C(=O)O)[C@H](CS)C(=O)O. The van der Waals surface area contributed by atoms with Gasteiger partial charge in [0.15, 0.2) is 0 Å². The van der Waals surface area contributed by atoms with E-state index < -0.39 is 18.1 Å². The molecule has 5 nitrogen and oxygen atoms in total. The lowest BCUT2D eigenvalue weighted by molar-refractivity contribution is -0.141. The number of carbonyl (C=O) groups is 2. The zero-order valence-corrected chi connectivity index (χ0v) is 6.78. The highest BCUT2D eigenvalue weighted by Crippen LogP contribution is 1.99. The minimum atomic E-state index is -1.27. The zero-order chi connectivity index (χ0) is 9.02. The molecule has 0 aromatic carbocycles. The highest BCUT2D eigenvalue weighted by Gasteiger charge is 2.24. The second-order valence-corrected chi connectivity index (χ2v) is 2.30. The Bertz CT molecular complexity index is 172. The molecule has 0 spiro atoms. The molecular formula is C5H9NO4S. The van der Waals surface area contributed by atoms with Crippen LogP contribution in [0.5, 0.6) is 0 Å². The maximum atomic E-state index is 10.3. The summed E-state index contributed by atoms with van der Waals surface area (Å²) in [5, 5.41) is 16.8. The number of hydrogen-bond acceptors (Lipinski definition) is 3. The second-order valence-electron chi connectivity index (χ2n) is 1.93. The average molecular weight is 179 g/mol. The van der Waals surface area contributed by atoms with Crippen LogP contribution in [0.1, 0.15) is 0 Å². The van der Waals surface area contributed by atoms with E-state index in [0.29, 0.717) is 4.90 Å². The number of nitrogens with zero attached hydrogens (tertiary/aromatic N) is 1. The molecule has 0 saturated heterocycles. The number of aliphatic carboxylic acids is 1. The van der Waals surface area contributed by atoms with Crippen molar-refractivity contribution in [3.8, 4) is 0 Å². The fourth-order valence-electron chi connectivity index (χ4n) is 0.500. The zero-order valence-electron chi connectivity index (χ0n) is 5.89. The molecule has 1 amide bonds. The third kappa shape index (κ3) is 2.67. The van der Waals surface area contributed by atoms with E-state index in [9.17, 15) is 9.59 Å². The van der Waals surface area contributed by atoms with Crippen LogP contribution in [0.25, 0.3) is 0 Å². The standard InChI is InChI=1S/C5H9NO4S/c1-6(5(9)10)3(2-11)4(7)8/h3,11H,2H2,1H3,(H,7,8)(H,9,10)/t3-/m1/s1. The van der Waals surface area contributed by atoms with Crippen molar-refractivity contribution >= 4 is 24.7 Å². The monoisotopic (exact) mass is 179 g/mol. The number of likely N-dealkylation sites (N-methyl/N-ethyl adjacent to an activating group) is 1. The Labute approximate surface area is 69.0 Å². The molecule has 1 atom stereocenters. The van der Waals surface area contributed by atoms with Gasteiger partial charge in [0.05, 0.1) is 0 Å². The fourth-order valence-corrected chi connectivity index (χ4v) is 0.901. The maximum Gasteiger partial charge on any atom is 0.407 e. The van der Waals surface area contributed by atoms with Crippen molar-refractivity contribution in [1.29, 1.82) is 0 Å². The topological polar surface area (TPSA) is 77.8 Å². The highest BCUT2D eigenvalue weighted by atomic mass is 32.1. The molecule has 0 aliphatic carbocycles. The summed E-state index contributed by atoms with van der Waals surface area (Å²) in [5.41, 5.74) is 0. The van der Waals surface area contributed by atoms with E-state index in [1.54, 1.807) is 0 Å². The summed E-state index contributed by atoms with van der Waals surface area (Å²) in [7, 11) is 1.19. The molecule has 0 heterocycles. The second kappa shape index (κ2) is 4.07.